The molecule has 3 N–H and O–H groups in total. The molecule has 0 aliphatic heterocycles. The summed E-state index contributed by atoms with van der Waals surface area (Å²) in [6, 6.07) is 4.55. The van der Waals surface area contributed by atoms with Crippen LogP contribution in [-0.4, -0.2) is 22.7 Å². The fourth-order valence-electron chi connectivity index (χ4n) is 1.42. The third-order valence-corrected chi connectivity index (χ3v) is 2.19. The Morgan fingerprint density at radius 3 is 2.73 bits per heavy atom. The largest absolute Gasteiger partial charge is 0.395 e. The minimum atomic E-state index is -0.412. The molecule has 0 saturated carbocycles. The molecule has 0 fully saturated rings. The van der Waals surface area contributed by atoms with Crippen molar-refractivity contribution in [3.63, 3.8) is 0 Å². The average Bonchev–Trinajstić information content (AvgIpc) is 2.17. The Balaban J connectivity index is 2.87. The van der Waals surface area contributed by atoms with Crippen molar-refractivity contribution < 1.29 is 10.0 Å². The maximum absolute atomic E-state index is 10.6. The highest BCUT2D eigenvalue weighted by molar-refractivity contribution is 5.41. The molecule has 0 aromatic heterocycles. The second-order valence-electron chi connectivity index (χ2n) is 3.52. The van der Waals surface area contributed by atoms with Crippen molar-refractivity contribution in [1.29, 1.82) is 0 Å². The van der Waals surface area contributed by atoms with E-state index in [1.54, 1.807) is 19.1 Å². The first-order valence-electron chi connectivity index (χ1n) is 4.65. The average molecular weight is 210 g/mol. The van der Waals surface area contributed by atoms with E-state index < -0.39 is 4.92 Å². The van der Waals surface area contributed by atoms with E-state index in [2.05, 4.69) is 0 Å². The Bertz CT molecular complexity index is 366. The van der Waals surface area contributed by atoms with E-state index in [1.165, 1.54) is 6.07 Å². The minimum Gasteiger partial charge on any atom is -0.395 e. The molecule has 0 aliphatic carbocycles. The van der Waals surface area contributed by atoms with E-state index in [-0.39, 0.29) is 18.3 Å². The summed E-state index contributed by atoms with van der Waals surface area (Å²) in [7, 11) is 0. The summed E-state index contributed by atoms with van der Waals surface area (Å²) >= 11 is 0. The van der Waals surface area contributed by atoms with Crippen LogP contribution in [0.3, 0.4) is 0 Å². The molecule has 1 unspecified atom stereocenters. The van der Waals surface area contributed by atoms with E-state index in [9.17, 15) is 10.1 Å². The van der Waals surface area contributed by atoms with E-state index in [1.807, 2.05) is 0 Å². The number of nitrogens with two attached hydrogens (primary N) is 1. The van der Waals surface area contributed by atoms with Gasteiger partial charge in [0, 0.05) is 17.7 Å². The Labute approximate surface area is 87.7 Å². The summed E-state index contributed by atoms with van der Waals surface area (Å²) in [6.45, 7) is 1.60. The van der Waals surface area contributed by atoms with Crippen LogP contribution in [0.25, 0.3) is 0 Å². The number of hydrogen-bond acceptors (Lipinski definition) is 4. The van der Waals surface area contributed by atoms with Gasteiger partial charge in [0.05, 0.1) is 11.5 Å². The number of aryl methyl sites for hydroxylation is 1. The molecule has 0 bridgehead atoms. The maximum atomic E-state index is 10.6. The quantitative estimate of drug-likeness (QED) is 0.567. The molecule has 0 aliphatic rings. The summed E-state index contributed by atoms with van der Waals surface area (Å²) in [4.78, 5) is 10.1. The second-order valence-corrected chi connectivity index (χ2v) is 3.52. The normalized spacial score (nSPS) is 12.5. The fourth-order valence-corrected chi connectivity index (χ4v) is 1.42. The van der Waals surface area contributed by atoms with Crippen molar-refractivity contribution in [3.05, 3.63) is 39.4 Å². The number of aliphatic hydroxyl groups is 1. The van der Waals surface area contributed by atoms with Crippen LogP contribution in [0.15, 0.2) is 18.2 Å². The molecule has 1 rings (SSSR count). The molecule has 15 heavy (non-hydrogen) atoms. The van der Waals surface area contributed by atoms with Gasteiger partial charge in [0.1, 0.15) is 0 Å². The summed E-state index contributed by atoms with van der Waals surface area (Å²) in [5.41, 5.74) is 7.19. The first-order chi connectivity index (χ1) is 7.04. The van der Waals surface area contributed by atoms with E-state index in [0.717, 1.165) is 5.56 Å². The molecule has 0 saturated heterocycles. The van der Waals surface area contributed by atoms with E-state index in [0.29, 0.717) is 12.0 Å². The summed E-state index contributed by atoms with van der Waals surface area (Å²) in [5.74, 6) is 0. The summed E-state index contributed by atoms with van der Waals surface area (Å²) in [5, 5.41) is 19.3. The van der Waals surface area contributed by atoms with Crippen molar-refractivity contribution in [2.75, 3.05) is 6.61 Å². The molecule has 5 nitrogen and oxygen atoms in total. The maximum Gasteiger partial charge on any atom is 0.272 e. The highest BCUT2D eigenvalue weighted by Crippen LogP contribution is 2.19. The van der Waals surface area contributed by atoms with Gasteiger partial charge in [-0.15, -0.1) is 0 Å². The van der Waals surface area contributed by atoms with Crippen molar-refractivity contribution in [1.82, 2.24) is 0 Å². The van der Waals surface area contributed by atoms with Crippen LogP contribution >= 0.6 is 0 Å². The molecule has 1 aromatic rings. The molecule has 1 atom stereocenters. The Hall–Kier alpha value is -1.46. The standard InChI is InChI=1S/C10H14N2O3/c1-7-4-8(5-9(11)6-13)2-3-10(7)12(14)15/h2-4,9,13H,5-6,11H2,1H3. The van der Waals surface area contributed by atoms with Gasteiger partial charge in [0.15, 0.2) is 0 Å². The predicted octanol–water partition coefficient (Wildman–Crippen LogP) is 0.765. The van der Waals surface area contributed by atoms with Crippen LogP contribution in [0.1, 0.15) is 11.1 Å². The summed E-state index contributed by atoms with van der Waals surface area (Å²) in [6.07, 6.45) is 0.523. The first kappa shape index (κ1) is 11.6. The first-order valence-corrected chi connectivity index (χ1v) is 4.65. The SMILES string of the molecule is Cc1cc(CC(N)CO)ccc1[N+](=O)[O-]. The third-order valence-electron chi connectivity index (χ3n) is 2.19. The van der Waals surface area contributed by atoms with Crippen LogP contribution in [0.2, 0.25) is 0 Å². The van der Waals surface area contributed by atoms with Crippen LogP contribution in [0, 0.1) is 17.0 Å². The van der Waals surface area contributed by atoms with Gasteiger partial charge in [-0.05, 0) is 25.0 Å². The number of rotatable bonds is 4. The van der Waals surface area contributed by atoms with Crippen LogP contribution in [-0.2, 0) is 6.42 Å². The molecule has 0 heterocycles. The fraction of sp³-hybridized carbons (Fsp3) is 0.400. The lowest BCUT2D eigenvalue weighted by atomic mass is 10.0. The van der Waals surface area contributed by atoms with Crippen LogP contribution < -0.4 is 5.73 Å². The molecule has 1 aromatic carbocycles. The molecule has 0 amide bonds. The smallest absolute Gasteiger partial charge is 0.272 e. The number of nitro benzene ring substituents is 1. The number of benzene rings is 1. The predicted molar refractivity (Wildman–Crippen MR) is 56.6 cm³/mol. The van der Waals surface area contributed by atoms with Gasteiger partial charge in [-0.25, -0.2) is 0 Å². The van der Waals surface area contributed by atoms with Gasteiger partial charge < -0.3 is 10.8 Å². The van der Waals surface area contributed by atoms with Crippen LogP contribution in [0.5, 0.6) is 0 Å². The lowest BCUT2D eigenvalue weighted by Gasteiger charge is -2.08. The van der Waals surface area contributed by atoms with Gasteiger partial charge in [-0.2, -0.15) is 0 Å². The molecule has 0 radical (unpaired) electrons. The van der Waals surface area contributed by atoms with Crippen molar-refractivity contribution >= 4 is 5.69 Å². The number of nitrogens with zero attached hydrogens (tertiary/aromatic N) is 1. The zero-order valence-electron chi connectivity index (χ0n) is 8.51. The van der Waals surface area contributed by atoms with Crippen molar-refractivity contribution in [2.45, 2.75) is 19.4 Å². The van der Waals surface area contributed by atoms with Gasteiger partial charge in [-0.3, -0.25) is 10.1 Å². The van der Waals surface area contributed by atoms with Gasteiger partial charge in [-0.1, -0.05) is 6.07 Å². The van der Waals surface area contributed by atoms with E-state index in [4.69, 9.17) is 10.8 Å². The zero-order chi connectivity index (χ0) is 11.4. The monoisotopic (exact) mass is 210 g/mol. The number of aliphatic hydroxyl groups excluding tert-OH is 1. The second kappa shape index (κ2) is 4.86. The van der Waals surface area contributed by atoms with Gasteiger partial charge >= 0.3 is 0 Å². The molecule has 82 valence electrons. The van der Waals surface area contributed by atoms with Crippen molar-refractivity contribution in [2.24, 2.45) is 5.73 Å². The molecular formula is C10H14N2O3. The number of hydrogen-bond donors (Lipinski definition) is 2. The Morgan fingerprint density at radius 1 is 1.60 bits per heavy atom. The van der Waals surface area contributed by atoms with Gasteiger partial charge in [0.2, 0.25) is 0 Å². The Morgan fingerprint density at radius 2 is 2.27 bits per heavy atom. The zero-order valence-corrected chi connectivity index (χ0v) is 8.51. The Kier molecular flexibility index (Phi) is 3.76. The minimum absolute atomic E-state index is 0.0873. The lowest BCUT2D eigenvalue weighted by molar-refractivity contribution is -0.385. The van der Waals surface area contributed by atoms with Crippen LogP contribution in [0.4, 0.5) is 5.69 Å². The lowest BCUT2D eigenvalue weighted by Crippen LogP contribution is -2.26. The van der Waals surface area contributed by atoms with E-state index >= 15 is 0 Å². The third kappa shape index (κ3) is 3.00. The summed E-state index contributed by atoms with van der Waals surface area (Å²) < 4.78 is 0. The van der Waals surface area contributed by atoms with Crippen molar-refractivity contribution in [3.8, 4) is 0 Å². The molecule has 0 spiro atoms. The highest BCUT2D eigenvalue weighted by atomic mass is 16.6. The van der Waals surface area contributed by atoms with Gasteiger partial charge in [0.25, 0.3) is 5.69 Å². The topological polar surface area (TPSA) is 89.4 Å². The molecular weight excluding hydrogens is 196 g/mol. The highest BCUT2D eigenvalue weighted by Gasteiger charge is 2.11. The number of nitro groups is 1. The molecule has 5 heteroatoms.